The largest absolute Gasteiger partial charge is 0.476 e. The normalized spacial score (nSPS) is 10.4. The van der Waals surface area contributed by atoms with Gasteiger partial charge in [-0.3, -0.25) is 10.1 Å². The first-order valence-corrected chi connectivity index (χ1v) is 8.97. The van der Waals surface area contributed by atoms with Crippen molar-refractivity contribution in [3.63, 3.8) is 0 Å². The number of hydrogen-bond acceptors (Lipinski definition) is 5. The van der Waals surface area contributed by atoms with E-state index in [9.17, 15) is 9.59 Å². The number of amides is 1. The van der Waals surface area contributed by atoms with Gasteiger partial charge in [-0.25, -0.2) is 9.78 Å². The zero-order valence-electron chi connectivity index (χ0n) is 12.5. The number of rotatable bonds is 8. The van der Waals surface area contributed by atoms with Gasteiger partial charge in [0.15, 0.2) is 10.8 Å². The van der Waals surface area contributed by atoms with Crippen LogP contribution in [0.5, 0.6) is 0 Å². The van der Waals surface area contributed by atoms with Gasteiger partial charge >= 0.3 is 5.97 Å². The molecule has 0 saturated carbocycles. The van der Waals surface area contributed by atoms with Crippen LogP contribution in [0.1, 0.15) is 20.8 Å². The maximum absolute atomic E-state index is 12.2. The van der Waals surface area contributed by atoms with Crippen LogP contribution in [0.15, 0.2) is 29.6 Å². The molecule has 0 saturated heterocycles. The van der Waals surface area contributed by atoms with Gasteiger partial charge in [-0.1, -0.05) is 0 Å². The number of carboxylic acids is 1. The van der Waals surface area contributed by atoms with E-state index in [0.29, 0.717) is 30.4 Å². The number of nitrogens with one attached hydrogen (secondary N) is 1. The van der Waals surface area contributed by atoms with Crippen LogP contribution < -0.4 is 10.2 Å². The molecule has 0 aliphatic carbocycles. The van der Waals surface area contributed by atoms with Gasteiger partial charge in [0, 0.05) is 41.5 Å². The van der Waals surface area contributed by atoms with Gasteiger partial charge < -0.3 is 10.0 Å². The highest BCUT2D eigenvalue weighted by Gasteiger charge is 2.13. The molecule has 128 valence electrons. The average molecular weight is 388 g/mol. The third-order valence-corrected chi connectivity index (χ3v) is 4.24. The number of carboxylic acid groups (broad SMARTS) is 1. The van der Waals surface area contributed by atoms with Crippen molar-refractivity contribution < 1.29 is 14.7 Å². The Hall–Kier alpha value is -1.83. The summed E-state index contributed by atoms with van der Waals surface area (Å²) in [4.78, 5) is 28.8. The van der Waals surface area contributed by atoms with Crippen LogP contribution in [0, 0.1) is 0 Å². The quantitative estimate of drug-likeness (QED) is 0.678. The van der Waals surface area contributed by atoms with Crippen molar-refractivity contribution in [1.82, 2.24) is 4.98 Å². The lowest BCUT2D eigenvalue weighted by atomic mass is 10.2. The smallest absolute Gasteiger partial charge is 0.355 e. The number of benzene rings is 1. The van der Waals surface area contributed by atoms with Crippen LogP contribution >= 0.6 is 34.5 Å². The molecule has 1 aromatic heterocycles. The van der Waals surface area contributed by atoms with Crippen molar-refractivity contribution in [3.05, 3.63) is 40.9 Å². The van der Waals surface area contributed by atoms with Crippen LogP contribution in [0.2, 0.25) is 0 Å². The van der Waals surface area contributed by atoms with Gasteiger partial charge in [0.1, 0.15) is 0 Å². The number of carbonyl (C=O) groups is 2. The van der Waals surface area contributed by atoms with Crippen LogP contribution in [0.3, 0.4) is 0 Å². The van der Waals surface area contributed by atoms with E-state index in [2.05, 4.69) is 10.3 Å². The van der Waals surface area contributed by atoms with E-state index in [1.54, 1.807) is 12.1 Å². The van der Waals surface area contributed by atoms with E-state index in [4.69, 9.17) is 28.3 Å². The van der Waals surface area contributed by atoms with E-state index < -0.39 is 5.97 Å². The molecule has 24 heavy (non-hydrogen) atoms. The maximum Gasteiger partial charge on any atom is 0.355 e. The van der Waals surface area contributed by atoms with Gasteiger partial charge in [-0.2, -0.15) is 0 Å². The van der Waals surface area contributed by atoms with Gasteiger partial charge in [-0.15, -0.1) is 34.5 Å². The molecule has 9 heteroatoms. The zero-order chi connectivity index (χ0) is 17.5. The van der Waals surface area contributed by atoms with Crippen molar-refractivity contribution >= 4 is 57.2 Å². The zero-order valence-corrected chi connectivity index (χ0v) is 14.9. The predicted octanol–water partition coefficient (Wildman–Crippen LogP) is 3.38. The molecule has 2 rings (SSSR count). The second-order valence-electron chi connectivity index (χ2n) is 4.71. The molecule has 0 bridgehead atoms. The number of alkyl halides is 2. The minimum absolute atomic E-state index is 0.0940. The van der Waals surface area contributed by atoms with E-state index in [-0.39, 0.29) is 16.7 Å². The van der Waals surface area contributed by atoms with E-state index in [1.807, 2.05) is 17.0 Å². The Kier molecular flexibility index (Phi) is 6.84. The van der Waals surface area contributed by atoms with Crippen molar-refractivity contribution in [2.75, 3.05) is 35.1 Å². The molecule has 0 radical (unpaired) electrons. The van der Waals surface area contributed by atoms with E-state index >= 15 is 0 Å². The lowest BCUT2D eigenvalue weighted by Crippen LogP contribution is -2.27. The third kappa shape index (κ3) is 4.83. The Morgan fingerprint density at radius 1 is 1.17 bits per heavy atom. The number of thiazole rings is 1. The van der Waals surface area contributed by atoms with Crippen LogP contribution in [0.25, 0.3) is 0 Å². The molecule has 1 aromatic carbocycles. The topological polar surface area (TPSA) is 82.5 Å². The Morgan fingerprint density at radius 3 is 2.29 bits per heavy atom. The van der Waals surface area contributed by atoms with Crippen molar-refractivity contribution in [1.29, 1.82) is 0 Å². The molecular weight excluding hydrogens is 373 g/mol. The molecule has 0 aliphatic heterocycles. The molecule has 1 heterocycles. The molecule has 0 spiro atoms. The molecule has 0 aliphatic rings. The van der Waals surface area contributed by atoms with Gasteiger partial charge in [-0.05, 0) is 24.3 Å². The molecular formula is C15H15Cl2N3O3S. The molecule has 1 amide bonds. The maximum atomic E-state index is 12.2. The number of aromatic nitrogens is 1. The molecule has 0 unspecified atom stereocenters. The fourth-order valence-electron chi connectivity index (χ4n) is 2.00. The number of nitrogens with zero attached hydrogens (tertiary/aromatic N) is 2. The molecule has 2 N–H and O–H groups in total. The van der Waals surface area contributed by atoms with Crippen molar-refractivity contribution in [2.45, 2.75) is 0 Å². The lowest BCUT2D eigenvalue weighted by Gasteiger charge is -2.22. The molecule has 0 fully saturated rings. The Balaban J connectivity index is 2.05. The Morgan fingerprint density at radius 2 is 1.79 bits per heavy atom. The Labute approximate surface area is 153 Å². The number of aromatic carboxylic acids is 1. The number of hydrogen-bond donors (Lipinski definition) is 2. The van der Waals surface area contributed by atoms with Gasteiger partial charge in [0.05, 0.1) is 0 Å². The highest BCUT2D eigenvalue weighted by molar-refractivity contribution is 7.14. The average Bonchev–Trinajstić information content (AvgIpc) is 3.03. The Bertz CT molecular complexity index is 700. The minimum Gasteiger partial charge on any atom is -0.476 e. The summed E-state index contributed by atoms with van der Waals surface area (Å²) in [5, 5.41) is 13.0. The summed E-state index contributed by atoms with van der Waals surface area (Å²) in [7, 11) is 0. The summed E-state index contributed by atoms with van der Waals surface area (Å²) in [6, 6.07) is 7.01. The number of carbonyl (C=O) groups excluding carboxylic acids is 1. The SMILES string of the molecule is O=C(Nc1nc(C(=O)O)cs1)c1ccc(N(CCCl)CCCl)cc1. The number of anilines is 2. The highest BCUT2D eigenvalue weighted by Crippen LogP contribution is 2.19. The van der Waals surface area contributed by atoms with E-state index in [1.165, 1.54) is 5.38 Å². The van der Waals surface area contributed by atoms with Gasteiger partial charge in [0.25, 0.3) is 5.91 Å². The first-order chi connectivity index (χ1) is 11.5. The molecule has 6 nitrogen and oxygen atoms in total. The minimum atomic E-state index is -1.13. The molecule has 2 aromatic rings. The standard InChI is InChI=1S/C15H15Cl2N3O3S/c16-5-7-20(8-6-17)11-3-1-10(2-4-11)13(21)19-15-18-12(9-24-15)14(22)23/h1-4,9H,5-8H2,(H,22,23)(H,18,19,21). The summed E-state index contributed by atoms with van der Waals surface area (Å²) in [5.41, 5.74) is 1.28. The fraction of sp³-hybridized carbons (Fsp3) is 0.267. The first kappa shape index (κ1) is 18.5. The first-order valence-electron chi connectivity index (χ1n) is 7.02. The second-order valence-corrected chi connectivity index (χ2v) is 6.32. The predicted molar refractivity (Wildman–Crippen MR) is 97.1 cm³/mol. The lowest BCUT2D eigenvalue weighted by molar-refractivity contribution is 0.0691. The van der Waals surface area contributed by atoms with Crippen LogP contribution in [0.4, 0.5) is 10.8 Å². The number of halogens is 2. The third-order valence-electron chi connectivity index (χ3n) is 3.15. The van der Waals surface area contributed by atoms with Crippen LogP contribution in [-0.4, -0.2) is 46.8 Å². The summed E-state index contributed by atoms with van der Waals surface area (Å²) < 4.78 is 0. The summed E-state index contributed by atoms with van der Waals surface area (Å²) in [6.45, 7) is 1.33. The van der Waals surface area contributed by atoms with E-state index in [0.717, 1.165) is 17.0 Å². The summed E-state index contributed by atoms with van der Waals surface area (Å²) >= 11 is 12.6. The monoisotopic (exact) mass is 387 g/mol. The fourth-order valence-corrected chi connectivity index (χ4v) is 3.08. The summed E-state index contributed by atoms with van der Waals surface area (Å²) in [5.74, 6) is -0.520. The van der Waals surface area contributed by atoms with Crippen molar-refractivity contribution in [3.8, 4) is 0 Å². The van der Waals surface area contributed by atoms with Crippen LogP contribution in [-0.2, 0) is 0 Å². The van der Waals surface area contributed by atoms with Crippen molar-refractivity contribution in [2.24, 2.45) is 0 Å². The highest BCUT2D eigenvalue weighted by atomic mass is 35.5. The second kappa shape index (κ2) is 8.86. The van der Waals surface area contributed by atoms with Gasteiger partial charge in [0.2, 0.25) is 0 Å². The summed E-state index contributed by atoms with van der Waals surface area (Å²) in [6.07, 6.45) is 0. The molecule has 0 atom stereocenters.